The third-order valence-electron chi connectivity index (χ3n) is 3.43. The Hall–Kier alpha value is -1.13. The SMILES string of the molecule is COc1cc2c(cc1OC)CN(CC=CCS)CC2. The summed E-state index contributed by atoms with van der Waals surface area (Å²) in [7, 11) is 3.36. The van der Waals surface area contributed by atoms with Crippen LogP contribution in [0.25, 0.3) is 0 Å². The lowest BCUT2D eigenvalue weighted by atomic mass is 9.99. The van der Waals surface area contributed by atoms with Crippen LogP contribution in [0.3, 0.4) is 0 Å². The van der Waals surface area contributed by atoms with Crippen LogP contribution in [0.1, 0.15) is 11.1 Å². The van der Waals surface area contributed by atoms with E-state index in [1.165, 1.54) is 11.1 Å². The van der Waals surface area contributed by atoms with Crippen LogP contribution < -0.4 is 9.47 Å². The first-order chi connectivity index (χ1) is 9.28. The standard InChI is InChI=1S/C15H21NO2S/c1-17-14-9-12-5-7-16(6-3-4-8-19)11-13(12)10-15(14)18-2/h3-4,9-10,19H,5-8,11H2,1-2H3. The van der Waals surface area contributed by atoms with Crippen molar-refractivity contribution in [1.29, 1.82) is 0 Å². The van der Waals surface area contributed by atoms with Gasteiger partial charge in [-0.15, -0.1) is 0 Å². The van der Waals surface area contributed by atoms with E-state index in [2.05, 4.69) is 41.8 Å². The van der Waals surface area contributed by atoms with Crippen LogP contribution in [0.5, 0.6) is 11.5 Å². The highest BCUT2D eigenvalue weighted by atomic mass is 32.1. The second kappa shape index (κ2) is 6.87. The molecule has 0 aromatic heterocycles. The maximum absolute atomic E-state index is 5.37. The van der Waals surface area contributed by atoms with Crippen molar-refractivity contribution in [1.82, 2.24) is 4.90 Å². The van der Waals surface area contributed by atoms with E-state index >= 15 is 0 Å². The first kappa shape index (κ1) is 14.3. The van der Waals surface area contributed by atoms with Crippen molar-refractivity contribution in [2.24, 2.45) is 0 Å². The molecule has 1 aliphatic rings. The van der Waals surface area contributed by atoms with Crippen LogP contribution in [0.2, 0.25) is 0 Å². The van der Waals surface area contributed by atoms with Crippen molar-refractivity contribution >= 4 is 12.6 Å². The number of hydrogen-bond acceptors (Lipinski definition) is 4. The van der Waals surface area contributed by atoms with E-state index in [1.807, 2.05) is 0 Å². The lowest BCUT2D eigenvalue weighted by Crippen LogP contribution is -2.30. The molecule has 0 fully saturated rings. The summed E-state index contributed by atoms with van der Waals surface area (Å²) in [5, 5.41) is 0. The summed E-state index contributed by atoms with van der Waals surface area (Å²) in [6, 6.07) is 4.21. The minimum atomic E-state index is 0.801. The van der Waals surface area contributed by atoms with Gasteiger partial charge in [-0.05, 0) is 29.7 Å². The molecule has 1 aromatic carbocycles. The zero-order chi connectivity index (χ0) is 13.7. The molecular formula is C15H21NO2S. The minimum Gasteiger partial charge on any atom is -0.493 e. The number of methoxy groups -OCH3 is 2. The van der Waals surface area contributed by atoms with Crippen molar-refractivity contribution in [2.45, 2.75) is 13.0 Å². The average Bonchev–Trinajstić information content (AvgIpc) is 2.46. The van der Waals surface area contributed by atoms with Crippen LogP contribution in [0.4, 0.5) is 0 Å². The fourth-order valence-corrected chi connectivity index (χ4v) is 2.54. The summed E-state index contributed by atoms with van der Waals surface area (Å²) in [5.41, 5.74) is 2.70. The van der Waals surface area contributed by atoms with E-state index < -0.39 is 0 Å². The summed E-state index contributed by atoms with van der Waals surface area (Å²) in [6.07, 6.45) is 5.33. The molecule has 0 amide bonds. The van der Waals surface area contributed by atoms with Crippen LogP contribution in [-0.4, -0.2) is 38.0 Å². The zero-order valence-electron chi connectivity index (χ0n) is 11.6. The Morgan fingerprint density at radius 3 is 2.47 bits per heavy atom. The van der Waals surface area contributed by atoms with Crippen molar-refractivity contribution < 1.29 is 9.47 Å². The molecule has 0 aliphatic carbocycles. The molecule has 0 bridgehead atoms. The van der Waals surface area contributed by atoms with Gasteiger partial charge in [-0.2, -0.15) is 12.6 Å². The van der Waals surface area contributed by atoms with Crippen molar-refractivity contribution in [3.05, 3.63) is 35.4 Å². The minimum absolute atomic E-state index is 0.801. The summed E-state index contributed by atoms with van der Waals surface area (Å²) < 4.78 is 10.7. The molecule has 1 aliphatic heterocycles. The summed E-state index contributed by atoms with van der Waals surface area (Å²) >= 11 is 4.18. The fraction of sp³-hybridized carbons (Fsp3) is 0.467. The van der Waals surface area contributed by atoms with Gasteiger partial charge in [0.2, 0.25) is 0 Å². The van der Waals surface area contributed by atoms with Crippen molar-refractivity contribution in [3.8, 4) is 11.5 Å². The Morgan fingerprint density at radius 1 is 1.16 bits per heavy atom. The molecule has 2 rings (SSSR count). The van der Waals surface area contributed by atoms with Crippen LogP contribution in [0, 0.1) is 0 Å². The highest BCUT2D eigenvalue weighted by molar-refractivity contribution is 7.80. The van der Waals surface area contributed by atoms with E-state index in [0.717, 1.165) is 43.3 Å². The van der Waals surface area contributed by atoms with Gasteiger partial charge in [-0.1, -0.05) is 12.2 Å². The van der Waals surface area contributed by atoms with Gasteiger partial charge in [-0.3, -0.25) is 4.90 Å². The molecule has 1 aromatic rings. The number of hydrogen-bond donors (Lipinski definition) is 1. The number of rotatable bonds is 5. The normalized spacial score (nSPS) is 15.5. The van der Waals surface area contributed by atoms with E-state index in [9.17, 15) is 0 Å². The second-order valence-corrected chi connectivity index (χ2v) is 4.98. The Balaban J connectivity index is 2.13. The largest absolute Gasteiger partial charge is 0.493 e. The molecule has 0 saturated heterocycles. The zero-order valence-corrected chi connectivity index (χ0v) is 12.5. The van der Waals surface area contributed by atoms with E-state index in [0.29, 0.717) is 0 Å². The number of nitrogens with zero attached hydrogens (tertiary/aromatic N) is 1. The lowest BCUT2D eigenvalue weighted by Gasteiger charge is -2.28. The highest BCUT2D eigenvalue weighted by Gasteiger charge is 2.18. The van der Waals surface area contributed by atoms with Gasteiger partial charge in [0.05, 0.1) is 14.2 Å². The average molecular weight is 279 g/mol. The highest BCUT2D eigenvalue weighted by Crippen LogP contribution is 2.33. The topological polar surface area (TPSA) is 21.7 Å². The van der Waals surface area contributed by atoms with Gasteiger partial charge in [0.1, 0.15) is 0 Å². The van der Waals surface area contributed by atoms with E-state index in [4.69, 9.17) is 9.47 Å². The number of fused-ring (bicyclic) bond motifs is 1. The molecule has 0 saturated carbocycles. The monoisotopic (exact) mass is 279 g/mol. The third-order valence-corrected chi connectivity index (χ3v) is 3.64. The third kappa shape index (κ3) is 3.45. The van der Waals surface area contributed by atoms with E-state index in [-0.39, 0.29) is 0 Å². The maximum atomic E-state index is 5.37. The molecule has 0 radical (unpaired) electrons. The fourth-order valence-electron chi connectivity index (χ4n) is 2.40. The Labute approximate surface area is 120 Å². The molecule has 0 atom stereocenters. The van der Waals surface area contributed by atoms with Crippen LogP contribution in [0.15, 0.2) is 24.3 Å². The van der Waals surface area contributed by atoms with Gasteiger partial charge < -0.3 is 9.47 Å². The Kier molecular flexibility index (Phi) is 5.16. The van der Waals surface area contributed by atoms with Crippen LogP contribution in [-0.2, 0) is 13.0 Å². The predicted molar refractivity (Wildman–Crippen MR) is 81.5 cm³/mol. The summed E-state index contributed by atoms with van der Waals surface area (Å²) in [5.74, 6) is 2.44. The van der Waals surface area contributed by atoms with Crippen LogP contribution >= 0.6 is 12.6 Å². The van der Waals surface area contributed by atoms with E-state index in [1.54, 1.807) is 14.2 Å². The smallest absolute Gasteiger partial charge is 0.161 e. The second-order valence-electron chi connectivity index (χ2n) is 4.61. The molecule has 19 heavy (non-hydrogen) atoms. The van der Waals surface area contributed by atoms with Gasteiger partial charge in [0, 0.05) is 25.4 Å². The molecule has 3 nitrogen and oxygen atoms in total. The van der Waals surface area contributed by atoms with Crippen molar-refractivity contribution in [2.75, 3.05) is 33.1 Å². The Morgan fingerprint density at radius 2 is 1.84 bits per heavy atom. The maximum Gasteiger partial charge on any atom is 0.161 e. The number of benzene rings is 1. The predicted octanol–water partition coefficient (Wildman–Crippen LogP) is 2.55. The van der Waals surface area contributed by atoms with Crippen molar-refractivity contribution in [3.63, 3.8) is 0 Å². The number of ether oxygens (including phenoxy) is 2. The molecule has 0 unspecified atom stereocenters. The van der Waals surface area contributed by atoms with Gasteiger partial charge in [0.25, 0.3) is 0 Å². The molecular weight excluding hydrogens is 258 g/mol. The first-order valence-corrected chi connectivity index (χ1v) is 7.13. The number of thiol groups is 1. The lowest BCUT2D eigenvalue weighted by molar-refractivity contribution is 0.279. The quantitative estimate of drug-likeness (QED) is 0.661. The summed E-state index contributed by atoms with van der Waals surface area (Å²) in [6.45, 7) is 3.03. The van der Waals surface area contributed by atoms with Gasteiger partial charge in [0.15, 0.2) is 11.5 Å². The summed E-state index contributed by atoms with van der Waals surface area (Å²) in [4.78, 5) is 2.42. The molecule has 1 heterocycles. The Bertz CT molecular complexity index is 460. The first-order valence-electron chi connectivity index (χ1n) is 6.50. The molecule has 104 valence electrons. The molecule has 4 heteroatoms. The van der Waals surface area contributed by atoms with Gasteiger partial charge in [-0.25, -0.2) is 0 Å². The van der Waals surface area contributed by atoms with Gasteiger partial charge >= 0.3 is 0 Å². The molecule has 0 N–H and O–H groups in total. The molecule has 0 spiro atoms.